The number of hydrogen-bond donors (Lipinski definition) is 1. The molecule has 0 spiro atoms. The highest BCUT2D eigenvalue weighted by molar-refractivity contribution is 6.10. The molecule has 0 heterocycles. The van der Waals surface area contributed by atoms with Crippen LogP contribution in [-0.4, -0.2) is 31.8 Å². The lowest BCUT2D eigenvalue weighted by molar-refractivity contribution is -0.109. The van der Waals surface area contributed by atoms with Gasteiger partial charge < -0.3 is 14.8 Å². The summed E-state index contributed by atoms with van der Waals surface area (Å²) in [7, 11) is 1.56. The first-order chi connectivity index (χ1) is 8.27. The largest absolute Gasteiger partial charge is 0.380 e. The van der Waals surface area contributed by atoms with Crippen molar-refractivity contribution in [3.8, 4) is 0 Å². The molecule has 4 nitrogen and oxygen atoms in total. The van der Waals surface area contributed by atoms with Crippen LogP contribution in [0, 0.1) is 0 Å². The highest BCUT2D eigenvalue weighted by atomic mass is 16.5. The molecule has 2 unspecified atom stereocenters. The highest BCUT2D eigenvalue weighted by Crippen LogP contribution is 2.32. The zero-order valence-corrected chi connectivity index (χ0v) is 9.68. The van der Waals surface area contributed by atoms with Crippen LogP contribution in [0.25, 0.3) is 0 Å². The van der Waals surface area contributed by atoms with E-state index in [1.54, 1.807) is 7.11 Å². The molecule has 1 N–H and O–H groups in total. The Morgan fingerprint density at radius 2 is 2.24 bits per heavy atom. The van der Waals surface area contributed by atoms with Crippen LogP contribution in [-0.2, 0) is 9.53 Å². The van der Waals surface area contributed by atoms with E-state index in [9.17, 15) is 9.59 Å². The molecule has 0 fully saturated rings. The van der Waals surface area contributed by atoms with Gasteiger partial charge in [0.1, 0.15) is 6.29 Å². The van der Waals surface area contributed by atoms with Gasteiger partial charge in [-0.05, 0) is 5.56 Å². The molecule has 90 valence electrons. The van der Waals surface area contributed by atoms with Crippen molar-refractivity contribution in [3.63, 3.8) is 0 Å². The maximum absolute atomic E-state index is 11.7. The molecule has 0 aromatic heterocycles. The lowest BCUT2D eigenvalue weighted by Gasteiger charge is -2.30. The summed E-state index contributed by atoms with van der Waals surface area (Å²) < 4.78 is 5.13. The third-order valence-electron chi connectivity index (χ3n) is 3.04. The van der Waals surface area contributed by atoms with E-state index in [0.717, 1.165) is 17.4 Å². The molecule has 0 amide bonds. The Labute approximate surface area is 100.0 Å². The van der Waals surface area contributed by atoms with E-state index in [-0.39, 0.29) is 17.9 Å². The van der Waals surface area contributed by atoms with Crippen LogP contribution in [0.15, 0.2) is 24.3 Å². The van der Waals surface area contributed by atoms with Gasteiger partial charge in [0, 0.05) is 25.6 Å². The summed E-state index contributed by atoms with van der Waals surface area (Å²) >= 11 is 0. The van der Waals surface area contributed by atoms with Crippen molar-refractivity contribution in [2.75, 3.05) is 13.7 Å². The van der Waals surface area contributed by atoms with Crippen molar-refractivity contribution in [3.05, 3.63) is 35.4 Å². The lowest BCUT2D eigenvalue weighted by Crippen LogP contribution is -2.41. The minimum atomic E-state index is -0.240. The Hall–Kier alpha value is -1.52. The zero-order chi connectivity index (χ0) is 12.3. The van der Waals surface area contributed by atoms with Crippen molar-refractivity contribution >= 4 is 12.1 Å². The summed E-state index contributed by atoms with van der Waals surface area (Å²) in [5.74, 6) is 0.113. The fourth-order valence-corrected chi connectivity index (χ4v) is 2.01. The Bertz CT molecular complexity index is 430. The van der Waals surface area contributed by atoms with E-state index in [4.69, 9.17) is 4.74 Å². The Kier molecular flexibility index (Phi) is 3.66. The van der Waals surface area contributed by atoms with Gasteiger partial charge in [-0.15, -0.1) is 0 Å². The van der Waals surface area contributed by atoms with Crippen molar-refractivity contribution in [2.24, 2.45) is 0 Å². The number of ketones is 1. The lowest BCUT2D eigenvalue weighted by atomic mass is 9.82. The summed E-state index contributed by atoms with van der Waals surface area (Å²) in [6.07, 6.45) is 0.992. The molecule has 17 heavy (non-hydrogen) atoms. The van der Waals surface area contributed by atoms with E-state index in [0.29, 0.717) is 13.0 Å². The van der Waals surface area contributed by atoms with Gasteiger partial charge in [-0.3, -0.25) is 4.79 Å². The van der Waals surface area contributed by atoms with Gasteiger partial charge in [0.15, 0.2) is 5.78 Å². The topological polar surface area (TPSA) is 55.4 Å². The molecule has 0 aliphatic heterocycles. The van der Waals surface area contributed by atoms with Gasteiger partial charge in [0.05, 0.1) is 12.1 Å². The first-order valence-electron chi connectivity index (χ1n) is 5.61. The highest BCUT2D eigenvalue weighted by Gasteiger charge is 2.35. The number of carbonyl (C=O) groups is 2. The molecule has 0 radical (unpaired) electrons. The SMILES string of the molecule is COC(CC=O)CNC1C(=O)c2ccccc21. The van der Waals surface area contributed by atoms with E-state index in [2.05, 4.69) is 5.32 Å². The summed E-state index contributed by atoms with van der Waals surface area (Å²) in [6.45, 7) is 0.500. The molecule has 0 bridgehead atoms. The summed E-state index contributed by atoms with van der Waals surface area (Å²) in [5, 5.41) is 3.13. The molecule has 2 atom stereocenters. The Morgan fingerprint density at radius 3 is 2.94 bits per heavy atom. The third-order valence-corrected chi connectivity index (χ3v) is 3.04. The van der Waals surface area contributed by atoms with Crippen molar-refractivity contribution < 1.29 is 14.3 Å². The number of hydrogen-bond acceptors (Lipinski definition) is 4. The van der Waals surface area contributed by atoms with Gasteiger partial charge in [0.25, 0.3) is 0 Å². The van der Waals surface area contributed by atoms with E-state index >= 15 is 0 Å². The molecule has 1 aliphatic carbocycles. The van der Waals surface area contributed by atoms with Crippen LogP contribution in [0.1, 0.15) is 28.4 Å². The van der Waals surface area contributed by atoms with Crippen LogP contribution in [0.2, 0.25) is 0 Å². The maximum Gasteiger partial charge on any atom is 0.184 e. The molecule has 1 aromatic carbocycles. The summed E-state index contributed by atoms with van der Waals surface area (Å²) in [6, 6.07) is 7.30. The number of Topliss-reactive ketones (excluding diaryl/α,β-unsaturated/α-hetero) is 1. The minimum Gasteiger partial charge on any atom is -0.380 e. The monoisotopic (exact) mass is 233 g/mol. The number of ether oxygens (including phenoxy) is 1. The first-order valence-corrected chi connectivity index (χ1v) is 5.61. The Morgan fingerprint density at radius 1 is 1.47 bits per heavy atom. The predicted octanol–water partition coefficient (Wildman–Crippen LogP) is 1.12. The molecule has 0 saturated carbocycles. The van der Waals surface area contributed by atoms with Gasteiger partial charge in [0.2, 0.25) is 0 Å². The Balaban J connectivity index is 1.94. The molecular formula is C13H15NO3. The molecule has 1 aromatic rings. The number of benzene rings is 1. The van der Waals surface area contributed by atoms with Crippen molar-refractivity contribution in [1.82, 2.24) is 5.32 Å². The minimum absolute atomic E-state index is 0.113. The second-order valence-corrected chi connectivity index (χ2v) is 4.05. The first kappa shape index (κ1) is 12.0. The van der Waals surface area contributed by atoms with Crippen LogP contribution in [0.5, 0.6) is 0 Å². The number of aldehydes is 1. The van der Waals surface area contributed by atoms with Crippen LogP contribution in [0.4, 0.5) is 0 Å². The van der Waals surface area contributed by atoms with Crippen LogP contribution >= 0.6 is 0 Å². The number of rotatable bonds is 6. The average molecular weight is 233 g/mol. The van der Waals surface area contributed by atoms with Gasteiger partial charge in [-0.2, -0.15) is 0 Å². The van der Waals surface area contributed by atoms with Gasteiger partial charge >= 0.3 is 0 Å². The smallest absolute Gasteiger partial charge is 0.184 e. The normalized spacial score (nSPS) is 19.4. The second-order valence-electron chi connectivity index (χ2n) is 4.05. The molecule has 4 heteroatoms. The van der Waals surface area contributed by atoms with E-state index < -0.39 is 0 Å². The predicted molar refractivity (Wildman–Crippen MR) is 63.0 cm³/mol. The fraction of sp³-hybridized carbons (Fsp3) is 0.385. The average Bonchev–Trinajstić information content (AvgIpc) is 2.37. The van der Waals surface area contributed by atoms with Gasteiger partial charge in [-0.1, -0.05) is 24.3 Å². The van der Waals surface area contributed by atoms with Crippen LogP contribution in [0.3, 0.4) is 0 Å². The summed E-state index contributed by atoms with van der Waals surface area (Å²) in [4.78, 5) is 22.1. The maximum atomic E-state index is 11.7. The quantitative estimate of drug-likeness (QED) is 0.748. The number of carbonyl (C=O) groups excluding carboxylic acids is 2. The molecular weight excluding hydrogens is 218 g/mol. The number of nitrogens with one attached hydrogen (secondary N) is 1. The van der Waals surface area contributed by atoms with E-state index in [1.165, 1.54) is 0 Å². The van der Waals surface area contributed by atoms with E-state index in [1.807, 2.05) is 24.3 Å². The standard InChI is InChI=1S/C13H15NO3/c1-17-9(6-7-15)8-14-12-10-4-2-3-5-11(10)13(12)16/h2-5,7,9,12,14H,6,8H2,1H3. The number of methoxy groups -OCH3 is 1. The van der Waals surface area contributed by atoms with Gasteiger partial charge in [-0.25, -0.2) is 0 Å². The number of fused-ring (bicyclic) bond motifs is 1. The summed E-state index contributed by atoms with van der Waals surface area (Å²) in [5.41, 5.74) is 1.81. The van der Waals surface area contributed by atoms with Crippen LogP contribution < -0.4 is 5.32 Å². The fourth-order valence-electron chi connectivity index (χ4n) is 2.01. The molecule has 0 saturated heterocycles. The van der Waals surface area contributed by atoms with Crippen molar-refractivity contribution in [2.45, 2.75) is 18.6 Å². The molecule has 2 rings (SSSR count). The second kappa shape index (κ2) is 5.21. The third kappa shape index (κ3) is 2.28. The molecule has 1 aliphatic rings. The zero-order valence-electron chi connectivity index (χ0n) is 9.68. The van der Waals surface area contributed by atoms with Crippen molar-refractivity contribution in [1.29, 1.82) is 0 Å².